The Balaban J connectivity index is 1.65. The lowest BCUT2D eigenvalue weighted by Gasteiger charge is -2.06. The Morgan fingerprint density at radius 1 is 1.08 bits per heavy atom. The minimum atomic E-state index is 0.170. The van der Waals surface area contributed by atoms with Crippen molar-refractivity contribution in [2.75, 3.05) is 7.11 Å². The molecule has 132 valence electrons. The van der Waals surface area contributed by atoms with E-state index in [2.05, 4.69) is 20.0 Å². The highest BCUT2D eigenvalue weighted by atomic mass is 35.5. The minimum Gasteiger partial charge on any atom is -0.465 e. The highest BCUT2D eigenvalue weighted by molar-refractivity contribution is 6.68. The molecular formula is C18H13Cl2N3O3. The van der Waals surface area contributed by atoms with Gasteiger partial charge in [-0.3, -0.25) is 0 Å². The van der Waals surface area contributed by atoms with Gasteiger partial charge >= 0.3 is 0 Å². The van der Waals surface area contributed by atoms with Crippen LogP contribution in [0.5, 0.6) is 17.4 Å². The smallest absolute Gasteiger partial charge is 0.238 e. The van der Waals surface area contributed by atoms with Gasteiger partial charge in [-0.2, -0.15) is 0 Å². The van der Waals surface area contributed by atoms with E-state index in [-0.39, 0.29) is 5.17 Å². The fraction of sp³-hybridized carbons (Fsp3) is 0.0556. The van der Waals surface area contributed by atoms with Crippen LogP contribution in [0.2, 0.25) is 5.02 Å². The van der Waals surface area contributed by atoms with E-state index in [1.165, 1.54) is 19.4 Å². The first kappa shape index (κ1) is 18.0. The zero-order valence-corrected chi connectivity index (χ0v) is 15.1. The number of rotatable bonds is 6. The van der Waals surface area contributed by atoms with Crippen LogP contribution in [0.25, 0.3) is 11.0 Å². The highest BCUT2D eigenvalue weighted by Crippen LogP contribution is 2.24. The highest BCUT2D eigenvalue weighted by Gasteiger charge is 2.03. The molecule has 26 heavy (non-hydrogen) atoms. The number of benzene rings is 2. The second-order valence-corrected chi connectivity index (χ2v) is 5.76. The molecule has 0 N–H and O–H groups in total. The molecule has 6 nitrogen and oxygen atoms in total. The number of halogens is 2. The molecule has 3 rings (SSSR count). The molecule has 0 aliphatic carbocycles. The van der Waals surface area contributed by atoms with Crippen molar-refractivity contribution in [1.82, 2.24) is 9.97 Å². The summed E-state index contributed by atoms with van der Waals surface area (Å²) in [6.07, 6.45) is 4.41. The molecule has 0 bridgehead atoms. The summed E-state index contributed by atoms with van der Waals surface area (Å²) in [5.74, 6) is 1.59. The van der Waals surface area contributed by atoms with Crippen LogP contribution >= 0.6 is 23.2 Å². The maximum absolute atomic E-state index is 5.94. The van der Waals surface area contributed by atoms with Gasteiger partial charge in [0.15, 0.2) is 5.17 Å². The summed E-state index contributed by atoms with van der Waals surface area (Å²) in [6.45, 7) is 0. The van der Waals surface area contributed by atoms with Gasteiger partial charge in [0.2, 0.25) is 5.88 Å². The topological polar surface area (TPSA) is 65.8 Å². The van der Waals surface area contributed by atoms with Gasteiger partial charge in [-0.15, -0.1) is 0 Å². The fourth-order valence-electron chi connectivity index (χ4n) is 2.01. The maximum Gasteiger partial charge on any atom is 0.238 e. The molecule has 0 unspecified atom stereocenters. The molecule has 1 aromatic heterocycles. The Hall–Kier alpha value is -2.83. The average Bonchev–Trinajstić information content (AvgIpc) is 2.63. The lowest BCUT2D eigenvalue weighted by Crippen LogP contribution is -1.91. The van der Waals surface area contributed by atoms with E-state index in [4.69, 9.17) is 32.7 Å². The molecular weight excluding hydrogens is 377 g/mol. The van der Waals surface area contributed by atoms with Crippen molar-refractivity contribution >= 4 is 39.4 Å². The Morgan fingerprint density at radius 2 is 1.85 bits per heavy atom. The summed E-state index contributed by atoms with van der Waals surface area (Å²) in [5.41, 5.74) is 1.41. The van der Waals surface area contributed by atoms with Crippen LogP contribution in [0.15, 0.2) is 66.2 Å². The van der Waals surface area contributed by atoms with Crippen LogP contribution < -0.4 is 9.47 Å². The molecule has 0 saturated carbocycles. The van der Waals surface area contributed by atoms with Crippen LogP contribution in [0, 0.1) is 0 Å². The van der Waals surface area contributed by atoms with E-state index >= 15 is 0 Å². The van der Waals surface area contributed by atoms with Gasteiger partial charge in [0.25, 0.3) is 0 Å². The van der Waals surface area contributed by atoms with Gasteiger partial charge in [-0.05, 0) is 42.5 Å². The number of hydrogen-bond donors (Lipinski definition) is 0. The molecule has 0 amide bonds. The number of nitrogens with zero attached hydrogens (tertiary/aromatic N) is 3. The molecule has 2 aromatic carbocycles. The van der Waals surface area contributed by atoms with Crippen LogP contribution in [0.3, 0.4) is 0 Å². The zero-order chi connectivity index (χ0) is 18.4. The monoisotopic (exact) mass is 389 g/mol. The van der Waals surface area contributed by atoms with E-state index in [1.807, 2.05) is 0 Å². The molecule has 3 aromatic rings. The van der Waals surface area contributed by atoms with Gasteiger partial charge in [0.05, 0.1) is 23.5 Å². The number of oxime groups is 1. The van der Waals surface area contributed by atoms with Crippen molar-refractivity contribution in [3.8, 4) is 17.4 Å². The summed E-state index contributed by atoms with van der Waals surface area (Å²) < 4.78 is 11.1. The van der Waals surface area contributed by atoms with Gasteiger partial charge < -0.3 is 14.3 Å². The Morgan fingerprint density at radius 3 is 2.62 bits per heavy atom. The quantitative estimate of drug-likeness (QED) is 0.330. The van der Waals surface area contributed by atoms with Crippen LogP contribution in [0.1, 0.15) is 0 Å². The van der Waals surface area contributed by atoms with Crippen LogP contribution in [0.4, 0.5) is 0 Å². The predicted molar refractivity (Wildman–Crippen MR) is 101 cm³/mol. The summed E-state index contributed by atoms with van der Waals surface area (Å²) in [6, 6.07) is 12.3. The summed E-state index contributed by atoms with van der Waals surface area (Å²) in [5, 5.41) is 4.30. The molecule has 0 aliphatic rings. The third kappa shape index (κ3) is 4.84. The third-order valence-corrected chi connectivity index (χ3v) is 3.55. The summed E-state index contributed by atoms with van der Waals surface area (Å²) >= 11 is 11.7. The van der Waals surface area contributed by atoms with Gasteiger partial charge in [-0.1, -0.05) is 28.4 Å². The summed E-state index contributed by atoms with van der Waals surface area (Å²) in [7, 11) is 1.41. The standard InChI is InChI=1S/C18H13Cl2N3O3/c1-24-23-17(20)8-9-25-13-3-5-14(6-4-13)26-18-11-21-16-10-12(19)2-7-15(16)22-18/h2-11H,1H3. The molecule has 0 aliphatic heterocycles. The summed E-state index contributed by atoms with van der Waals surface area (Å²) in [4.78, 5) is 13.2. The van der Waals surface area contributed by atoms with Crippen molar-refractivity contribution in [2.24, 2.45) is 5.16 Å². The van der Waals surface area contributed by atoms with Crippen molar-refractivity contribution in [3.05, 3.63) is 66.0 Å². The van der Waals surface area contributed by atoms with Crippen LogP contribution in [-0.2, 0) is 4.84 Å². The second-order valence-electron chi connectivity index (χ2n) is 4.93. The number of fused-ring (bicyclic) bond motifs is 1. The maximum atomic E-state index is 5.94. The number of hydrogen-bond acceptors (Lipinski definition) is 6. The zero-order valence-electron chi connectivity index (χ0n) is 13.6. The lowest BCUT2D eigenvalue weighted by atomic mass is 10.3. The van der Waals surface area contributed by atoms with Gasteiger partial charge in [0, 0.05) is 11.1 Å². The molecule has 0 atom stereocenters. The number of allylic oxidation sites excluding steroid dienone is 1. The molecule has 0 radical (unpaired) electrons. The van der Waals surface area contributed by atoms with Crippen molar-refractivity contribution < 1.29 is 14.3 Å². The Labute approximate surface area is 159 Å². The lowest BCUT2D eigenvalue weighted by molar-refractivity contribution is 0.215. The Bertz CT molecular complexity index is 960. The van der Waals surface area contributed by atoms with Crippen LogP contribution in [-0.4, -0.2) is 22.2 Å². The third-order valence-electron chi connectivity index (χ3n) is 3.12. The first-order valence-electron chi connectivity index (χ1n) is 7.44. The van der Waals surface area contributed by atoms with Crippen molar-refractivity contribution in [3.63, 3.8) is 0 Å². The van der Waals surface area contributed by atoms with Gasteiger partial charge in [-0.25, -0.2) is 9.97 Å². The van der Waals surface area contributed by atoms with E-state index in [0.717, 1.165) is 0 Å². The normalized spacial score (nSPS) is 11.7. The number of aromatic nitrogens is 2. The first-order valence-corrected chi connectivity index (χ1v) is 8.20. The molecule has 0 spiro atoms. The molecule has 0 fully saturated rings. The van der Waals surface area contributed by atoms with E-state index in [0.29, 0.717) is 33.4 Å². The minimum absolute atomic E-state index is 0.170. The van der Waals surface area contributed by atoms with E-state index < -0.39 is 0 Å². The molecule has 0 saturated heterocycles. The second kappa shape index (κ2) is 8.51. The van der Waals surface area contributed by atoms with Crippen molar-refractivity contribution in [2.45, 2.75) is 0 Å². The Kier molecular flexibility index (Phi) is 5.88. The first-order chi connectivity index (χ1) is 12.6. The largest absolute Gasteiger partial charge is 0.465 e. The van der Waals surface area contributed by atoms with Crippen molar-refractivity contribution in [1.29, 1.82) is 0 Å². The van der Waals surface area contributed by atoms with E-state index in [9.17, 15) is 0 Å². The predicted octanol–water partition coefficient (Wildman–Crippen LogP) is 5.17. The SMILES string of the molecule is CON=C(Cl)C=COc1ccc(Oc2cnc3cc(Cl)ccc3n2)cc1. The molecule has 1 heterocycles. The average molecular weight is 390 g/mol. The fourth-order valence-corrected chi connectivity index (χ4v) is 2.30. The molecule has 8 heteroatoms. The van der Waals surface area contributed by atoms with E-state index in [1.54, 1.807) is 48.7 Å². The number of ether oxygens (including phenoxy) is 2. The van der Waals surface area contributed by atoms with Gasteiger partial charge in [0.1, 0.15) is 18.6 Å².